The molecule has 0 unspecified atom stereocenters. The molecule has 0 amide bonds. The zero-order valence-electron chi connectivity index (χ0n) is 17.7. The Morgan fingerprint density at radius 1 is 1.20 bits per heavy atom. The maximum absolute atomic E-state index is 10.9. The number of nitrogens with two attached hydrogens (primary N) is 1. The number of rotatable bonds is 2. The number of para-hydroxylation sites is 1. The van der Waals surface area contributed by atoms with Crippen LogP contribution in [0.2, 0.25) is 0 Å². The van der Waals surface area contributed by atoms with Gasteiger partial charge in [-0.15, -0.1) is 0 Å². The third kappa shape index (κ3) is 2.99. The Hall–Kier alpha value is -3.43. The van der Waals surface area contributed by atoms with Crippen molar-refractivity contribution >= 4 is 0 Å². The van der Waals surface area contributed by atoms with Crippen molar-refractivity contribution in [2.45, 2.75) is 39.5 Å². The van der Waals surface area contributed by atoms with Gasteiger partial charge in [0.05, 0.1) is 30.5 Å². The minimum absolute atomic E-state index is 0.00443. The molecular formula is C24H26N4O2. The molecule has 0 spiro atoms. The molecule has 0 saturated heterocycles. The van der Waals surface area contributed by atoms with E-state index < -0.39 is 11.3 Å². The lowest BCUT2D eigenvalue weighted by Crippen LogP contribution is -2.44. The second-order valence-electron chi connectivity index (χ2n) is 9.11. The Kier molecular flexibility index (Phi) is 5.27. The minimum atomic E-state index is -1.77. The lowest BCUT2D eigenvalue weighted by atomic mass is 9.54. The van der Waals surface area contributed by atoms with Crippen molar-refractivity contribution < 1.29 is 9.84 Å². The molecule has 0 aromatic heterocycles. The number of hydrogen-bond acceptors (Lipinski definition) is 6. The smallest absolute Gasteiger partial charge is 0.191 e. The third-order valence-corrected chi connectivity index (χ3v) is 6.69. The van der Waals surface area contributed by atoms with E-state index in [1.54, 1.807) is 18.2 Å². The van der Waals surface area contributed by atoms with Crippen LogP contribution in [0.15, 0.2) is 41.1 Å². The molecule has 6 nitrogen and oxygen atoms in total. The number of hydrogen-bond donors (Lipinski definition) is 2. The number of benzene rings is 1. The third-order valence-electron chi connectivity index (χ3n) is 6.69. The van der Waals surface area contributed by atoms with E-state index in [2.05, 4.69) is 39.0 Å². The number of aromatic hydroxyl groups is 1. The van der Waals surface area contributed by atoms with Gasteiger partial charge in [-0.1, -0.05) is 39.0 Å². The van der Waals surface area contributed by atoms with Gasteiger partial charge in [0.15, 0.2) is 16.9 Å². The van der Waals surface area contributed by atoms with Crippen LogP contribution >= 0.6 is 0 Å². The summed E-state index contributed by atoms with van der Waals surface area (Å²) in [6.07, 6.45) is 3.50. The van der Waals surface area contributed by atoms with E-state index in [1.165, 1.54) is 7.11 Å². The van der Waals surface area contributed by atoms with Crippen LogP contribution < -0.4 is 10.5 Å². The second kappa shape index (κ2) is 7.43. The molecule has 2 aliphatic rings. The zero-order chi connectivity index (χ0) is 22.3. The number of fused-ring (bicyclic) bond motifs is 1. The van der Waals surface area contributed by atoms with E-state index in [4.69, 9.17) is 10.5 Å². The zero-order valence-corrected chi connectivity index (χ0v) is 17.7. The van der Waals surface area contributed by atoms with E-state index in [0.29, 0.717) is 12.0 Å². The van der Waals surface area contributed by atoms with Gasteiger partial charge in [-0.3, -0.25) is 0 Å². The first-order valence-electron chi connectivity index (χ1n) is 9.95. The highest BCUT2D eigenvalue weighted by atomic mass is 16.5. The molecule has 3 N–H and O–H groups in total. The molecule has 0 saturated carbocycles. The maximum atomic E-state index is 10.9. The Balaban J connectivity index is 2.35. The molecule has 0 heterocycles. The summed E-state index contributed by atoms with van der Waals surface area (Å²) in [5, 5.41) is 41.1. The monoisotopic (exact) mass is 402 g/mol. The van der Waals surface area contributed by atoms with Gasteiger partial charge >= 0.3 is 0 Å². The van der Waals surface area contributed by atoms with Gasteiger partial charge in [0.25, 0.3) is 0 Å². The molecule has 1 aromatic carbocycles. The fourth-order valence-electron chi connectivity index (χ4n) is 4.90. The van der Waals surface area contributed by atoms with Crippen LogP contribution in [0.5, 0.6) is 11.5 Å². The SMILES string of the molecule is COc1cccc([C@@H]2[C@@H]3C[C@H](C(C)(C)C)CC=C3C(C#N)=C(N)C2(C#N)C#N)c1O. The van der Waals surface area contributed by atoms with Gasteiger partial charge in [0.1, 0.15) is 6.07 Å². The molecule has 0 aliphatic heterocycles. The van der Waals surface area contributed by atoms with Crippen LogP contribution in [0, 0.1) is 56.7 Å². The van der Waals surface area contributed by atoms with Gasteiger partial charge in [0.2, 0.25) is 0 Å². The second-order valence-corrected chi connectivity index (χ2v) is 9.11. The Morgan fingerprint density at radius 3 is 2.40 bits per heavy atom. The van der Waals surface area contributed by atoms with Crippen LogP contribution in [0.4, 0.5) is 0 Å². The predicted molar refractivity (Wildman–Crippen MR) is 112 cm³/mol. The van der Waals surface area contributed by atoms with Crippen molar-refractivity contribution in [1.29, 1.82) is 15.8 Å². The van der Waals surface area contributed by atoms with Gasteiger partial charge in [-0.2, -0.15) is 15.8 Å². The average Bonchev–Trinajstić information content (AvgIpc) is 2.72. The first kappa shape index (κ1) is 21.3. The summed E-state index contributed by atoms with van der Waals surface area (Å²) >= 11 is 0. The summed E-state index contributed by atoms with van der Waals surface area (Å²) in [5.74, 6) is -0.584. The fourth-order valence-corrected chi connectivity index (χ4v) is 4.90. The van der Waals surface area contributed by atoms with E-state index >= 15 is 0 Å². The molecule has 0 fully saturated rings. The lowest BCUT2D eigenvalue weighted by molar-refractivity contribution is 0.169. The number of phenolic OH excluding ortho intramolecular Hbond substituents is 1. The van der Waals surface area contributed by atoms with Gasteiger partial charge in [-0.05, 0) is 41.7 Å². The highest BCUT2D eigenvalue weighted by Crippen LogP contribution is 2.59. The van der Waals surface area contributed by atoms with Crippen LogP contribution in [-0.2, 0) is 0 Å². The van der Waals surface area contributed by atoms with Crippen molar-refractivity contribution in [3.63, 3.8) is 0 Å². The van der Waals surface area contributed by atoms with Crippen molar-refractivity contribution in [3.8, 4) is 29.7 Å². The van der Waals surface area contributed by atoms with Crippen molar-refractivity contribution in [3.05, 3.63) is 46.7 Å². The van der Waals surface area contributed by atoms with E-state index in [0.717, 1.165) is 12.0 Å². The molecule has 0 bridgehead atoms. The van der Waals surface area contributed by atoms with Crippen molar-refractivity contribution in [2.24, 2.45) is 28.4 Å². The number of nitrogens with zero attached hydrogens (tertiary/aromatic N) is 3. The topological polar surface area (TPSA) is 127 Å². The standard InChI is InChI=1S/C24H26N4O2/c1-23(2,3)14-8-9-15-17(10-14)20(16-6-5-7-19(30-4)21(16)29)24(12-26,13-27)22(28)18(15)11-25/h5-7,9,14,17,20,29H,8,10,28H2,1-4H3/t14-,17-,20-/m1/s1. The van der Waals surface area contributed by atoms with Crippen molar-refractivity contribution in [1.82, 2.24) is 0 Å². The van der Waals surface area contributed by atoms with Gasteiger partial charge in [-0.25, -0.2) is 0 Å². The lowest BCUT2D eigenvalue weighted by Gasteiger charge is -2.47. The first-order chi connectivity index (χ1) is 14.2. The summed E-state index contributed by atoms with van der Waals surface area (Å²) in [7, 11) is 1.45. The molecule has 154 valence electrons. The van der Waals surface area contributed by atoms with Crippen LogP contribution in [0.25, 0.3) is 0 Å². The number of phenols is 1. The predicted octanol–water partition coefficient (Wildman–Crippen LogP) is 4.27. The number of ether oxygens (including phenoxy) is 1. The molecule has 2 aliphatic carbocycles. The van der Waals surface area contributed by atoms with Crippen LogP contribution in [0.3, 0.4) is 0 Å². The van der Waals surface area contributed by atoms with E-state index in [1.807, 2.05) is 6.08 Å². The highest BCUT2D eigenvalue weighted by Gasteiger charge is 2.55. The molecule has 3 rings (SSSR count). The largest absolute Gasteiger partial charge is 0.504 e. The molecular weight excluding hydrogens is 376 g/mol. The quantitative estimate of drug-likeness (QED) is 0.760. The summed E-state index contributed by atoms with van der Waals surface area (Å²) in [5.41, 5.74) is 5.94. The van der Waals surface area contributed by atoms with E-state index in [9.17, 15) is 20.9 Å². The van der Waals surface area contributed by atoms with Gasteiger partial charge in [0, 0.05) is 11.5 Å². The summed E-state index contributed by atoms with van der Waals surface area (Å²) in [6, 6.07) is 11.4. The van der Waals surface area contributed by atoms with Crippen LogP contribution in [0.1, 0.15) is 45.1 Å². The summed E-state index contributed by atoms with van der Waals surface area (Å²) in [6.45, 7) is 6.48. The summed E-state index contributed by atoms with van der Waals surface area (Å²) < 4.78 is 5.27. The Labute approximate surface area is 177 Å². The number of methoxy groups -OCH3 is 1. The Morgan fingerprint density at radius 2 is 1.87 bits per heavy atom. The molecule has 1 aromatic rings. The van der Waals surface area contributed by atoms with Crippen molar-refractivity contribution in [2.75, 3.05) is 7.11 Å². The number of allylic oxidation sites excluding steroid dienone is 4. The summed E-state index contributed by atoms with van der Waals surface area (Å²) in [4.78, 5) is 0. The fraction of sp³-hybridized carbons (Fsp3) is 0.458. The van der Waals surface area contributed by atoms with Crippen LogP contribution in [-0.4, -0.2) is 12.2 Å². The highest BCUT2D eigenvalue weighted by molar-refractivity contribution is 5.61. The molecule has 30 heavy (non-hydrogen) atoms. The number of nitriles is 3. The average molecular weight is 402 g/mol. The van der Waals surface area contributed by atoms with E-state index in [-0.39, 0.29) is 40.0 Å². The molecule has 3 atom stereocenters. The molecule has 6 heteroatoms. The molecule has 0 radical (unpaired) electrons. The normalized spacial score (nSPS) is 25.2. The van der Waals surface area contributed by atoms with Gasteiger partial charge < -0.3 is 15.6 Å². The maximum Gasteiger partial charge on any atom is 0.191 e. The Bertz CT molecular complexity index is 1040. The minimum Gasteiger partial charge on any atom is -0.504 e. The first-order valence-corrected chi connectivity index (χ1v) is 9.95.